The van der Waals surface area contributed by atoms with E-state index in [1.807, 2.05) is 37.2 Å². The van der Waals surface area contributed by atoms with E-state index >= 15 is 0 Å². The Morgan fingerprint density at radius 1 is 1.50 bits per heavy atom. The molecule has 0 saturated heterocycles. The average Bonchev–Trinajstić information content (AvgIpc) is 2.26. The highest BCUT2D eigenvalue weighted by atomic mass is 16.5. The molecule has 4 N–H and O–H groups in total. The Bertz CT molecular complexity index is 366. The van der Waals surface area contributed by atoms with Gasteiger partial charge in [0.1, 0.15) is 18.4 Å². The van der Waals surface area contributed by atoms with Gasteiger partial charge in [0.15, 0.2) is 0 Å². The van der Waals surface area contributed by atoms with Gasteiger partial charge in [-0.15, -0.1) is 0 Å². The Balaban J connectivity index is 2.60. The van der Waals surface area contributed by atoms with Gasteiger partial charge < -0.3 is 21.1 Å². The number of ether oxygens (including phenoxy) is 1. The summed E-state index contributed by atoms with van der Waals surface area (Å²) in [5.74, 6) is 0.103. The minimum absolute atomic E-state index is 0.0895. The topological polar surface area (TPSA) is 81.6 Å². The number of rotatable bonds is 5. The number of carbonyl (C=O) groups excluding carboxylic acids is 1. The van der Waals surface area contributed by atoms with Crippen LogP contribution in [0.1, 0.15) is 0 Å². The molecule has 0 aromatic heterocycles. The molecule has 0 aliphatic carbocycles. The maximum atomic E-state index is 10.7. The van der Waals surface area contributed by atoms with Crippen molar-refractivity contribution in [3.63, 3.8) is 0 Å². The van der Waals surface area contributed by atoms with E-state index in [-0.39, 0.29) is 6.61 Å². The highest BCUT2D eigenvalue weighted by Crippen LogP contribution is 2.19. The smallest absolute Gasteiger partial charge is 0.237 e. The van der Waals surface area contributed by atoms with E-state index in [9.17, 15) is 4.79 Å². The van der Waals surface area contributed by atoms with Crippen LogP contribution in [0.25, 0.3) is 0 Å². The predicted octanol–water partition coefficient (Wildman–Crippen LogP) is -0.0560. The molecule has 88 valence electrons. The highest BCUT2D eigenvalue weighted by Gasteiger charge is 2.09. The van der Waals surface area contributed by atoms with Gasteiger partial charge in [0.25, 0.3) is 0 Å². The quantitative estimate of drug-likeness (QED) is 0.733. The van der Waals surface area contributed by atoms with Gasteiger partial charge in [0.05, 0.1) is 0 Å². The summed E-state index contributed by atoms with van der Waals surface area (Å²) in [5, 5.41) is 0. The van der Waals surface area contributed by atoms with Crippen molar-refractivity contribution in [2.45, 2.75) is 6.04 Å². The largest absolute Gasteiger partial charge is 0.491 e. The van der Waals surface area contributed by atoms with Gasteiger partial charge in [-0.1, -0.05) is 6.07 Å². The van der Waals surface area contributed by atoms with E-state index in [0.29, 0.717) is 5.75 Å². The van der Waals surface area contributed by atoms with E-state index in [2.05, 4.69) is 0 Å². The summed E-state index contributed by atoms with van der Waals surface area (Å²) < 4.78 is 5.37. The molecule has 1 amide bonds. The number of primary amides is 1. The van der Waals surface area contributed by atoms with E-state index in [4.69, 9.17) is 16.2 Å². The normalized spacial score (nSPS) is 11.9. The molecule has 1 aromatic carbocycles. The number of carbonyl (C=O) groups is 1. The van der Waals surface area contributed by atoms with E-state index in [0.717, 1.165) is 5.69 Å². The highest BCUT2D eigenvalue weighted by molar-refractivity contribution is 5.79. The molecule has 1 rings (SSSR count). The second kappa shape index (κ2) is 5.37. The third kappa shape index (κ3) is 3.43. The van der Waals surface area contributed by atoms with Crippen molar-refractivity contribution in [2.24, 2.45) is 11.5 Å². The van der Waals surface area contributed by atoms with Gasteiger partial charge in [0.2, 0.25) is 5.91 Å². The minimum atomic E-state index is -0.775. The number of anilines is 1. The maximum Gasteiger partial charge on any atom is 0.237 e. The fourth-order valence-corrected chi connectivity index (χ4v) is 1.12. The van der Waals surface area contributed by atoms with Gasteiger partial charge in [-0.3, -0.25) is 4.79 Å². The first-order valence-electron chi connectivity index (χ1n) is 4.96. The molecule has 0 bridgehead atoms. The average molecular weight is 223 g/mol. The van der Waals surface area contributed by atoms with Crippen molar-refractivity contribution in [1.82, 2.24) is 0 Å². The molecule has 0 aliphatic rings. The van der Waals surface area contributed by atoms with Crippen molar-refractivity contribution < 1.29 is 9.53 Å². The monoisotopic (exact) mass is 223 g/mol. The fraction of sp³-hybridized carbons (Fsp3) is 0.364. The molecule has 5 heteroatoms. The zero-order valence-corrected chi connectivity index (χ0v) is 9.51. The molecule has 16 heavy (non-hydrogen) atoms. The molecule has 5 nitrogen and oxygen atoms in total. The van der Waals surface area contributed by atoms with Crippen LogP contribution < -0.4 is 21.1 Å². The van der Waals surface area contributed by atoms with Gasteiger partial charge in [-0.25, -0.2) is 0 Å². The standard InChI is InChI=1S/C11H17N3O2/c1-14(2)8-4-3-5-9(6-8)16-7-10(12)11(13)15/h3-6,10H,7,12H2,1-2H3,(H2,13,15). The zero-order valence-electron chi connectivity index (χ0n) is 9.51. The van der Waals surface area contributed by atoms with Crippen LogP contribution in [0.15, 0.2) is 24.3 Å². The lowest BCUT2D eigenvalue weighted by Crippen LogP contribution is -2.41. The summed E-state index contributed by atoms with van der Waals surface area (Å²) in [4.78, 5) is 12.7. The molecule has 0 saturated carbocycles. The van der Waals surface area contributed by atoms with Gasteiger partial charge in [-0.05, 0) is 12.1 Å². The summed E-state index contributed by atoms with van der Waals surface area (Å²) in [6.45, 7) is 0.0895. The van der Waals surface area contributed by atoms with Gasteiger partial charge in [-0.2, -0.15) is 0 Å². The summed E-state index contributed by atoms with van der Waals surface area (Å²) in [5.41, 5.74) is 11.5. The van der Waals surface area contributed by atoms with Crippen LogP contribution in [0, 0.1) is 0 Å². The first-order valence-corrected chi connectivity index (χ1v) is 4.96. The Morgan fingerprint density at radius 2 is 2.19 bits per heavy atom. The number of amides is 1. The van der Waals surface area contributed by atoms with E-state index in [1.54, 1.807) is 6.07 Å². The molecule has 0 aliphatic heterocycles. The molecule has 0 spiro atoms. The Morgan fingerprint density at radius 3 is 2.75 bits per heavy atom. The molecule has 1 unspecified atom stereocenters. The second-order valence-electron chi connectivity index (χ2n) is 3.71. The predicted molar refractivity (Wildman–Crippen MR) is 63.4 cm³/mol. The number of nitrogens with two attached hydrogens (primary N) is 2. The number of hydrogen-bond acceptors (Lipinski definition) is 4. The van der Waals surface area contributed by atoms with Crippen LogP contribution in [0.4, 0.5) is 5.69 Å². The van der Waals surface area contributed by atoms with Crippen LogP contribution in [-0.4, -0.2) is 32.7 Å². The Kier molecular flexibility index (Phi) is 4.13. The third-order valence-corrected chi connectivity index (χ3v) is 2.13. The van der Waals surface area contributed by atoms with Crippen LogP contribution >= 0.6 is 0 Å². The van der Waals surface area contributed by atoms with E-state index in [1.165, 1.54) is 0 Å². The summed E-state index contributed by atoms with van der Waals surface area (Å²) in [6.07, 6.45) is 0. The molecule has 1 aromatic rings. The van der Waals surface area contributed by atoms with E-state index < -0.39 is 11.9 Å². The second-order valence-corrected chi connectivity index (χ2v) is 3.71. The number of hydrogen-bond donors (Lipinski definition) is 2. The molecule has 0 fully saturated rings. The number of nitrogens with zero attached hydrogens (tertiary/aromatic N) is 1. The lowest BCUT2D eigenvalue weighted by molar-refractivity contribution is -0.119. The lowest BCUT2D eigenvalue weighted by Gasteiger charge is -2.15. The molecule has 1 atom stereocenters. The summed E-state index contributed by atoms with van der Waals surface area (Å²) in [6, 6.07) is 6.73. The van der Waals surface area contributed by atoms with Gasteiger partial charge >= 0.3 is 0 Å². The lowest BCUT2D eigenvalue weighted by atomic mass is 10.3. The maximum absolute atomic E-state index is 10.7. The van der Waals surface area contributed by atoms with Crippen LogP contribution in [0.2, 0.25) is 0 Å². The Labute approximate surface area is 95.0 Å². The van der Waals surface area contributed by atoms with Crippen LogP contribution in [-0.2, 0) is 4.79 Å². The molecular weight excluding hydrogens is 206 g/mol. The van der Waals surface area contributed by atoms with Crippen molar-refractivity contribution in [2.75, 3.05) is 25.6 Å². The van der Waals surface area contributed by atoms with Crippen molar-refractivity contribution in [1.29, 1.82) is 0 Å². The van der Waals surface area contributed by atoms with Crippen LogP contribution in [0.5, 0.6) is 5.75 Å². The first-order chi connectivity index (χ1) is 7.50. The minimum Gasteiger partial charge on any atom is -0.491 e. The van der Waals surface area contributed by atoms with Crippen molar-refractivity contribution in [3.05, 3.63) is 24.3 Å². The molecule has 0 radical (unpaired) electrons. The molecule has 0 heterocycles. The SMILES string of the molecule is CN(C)c1cccc(OCC(N)C(N)=O)c1. The Hall–Kier alpha value is -1.75. The van der Waals surface area contributed by atoms with Crippen molar-refractivity contribution >= 4 is 11.6 Å². The summed E-state index contributed by atoms with van der Waals surface area (Å²) >= 11 is 0. The fourth-order valence-electron chi connectivity index (χ4n) is 1.12. The first kappa shape index (κ1) is 12.3. The third-order valence-electron chi connectivity index (χ3n) is 2.13. The van der Waals surface area contributed by atoms with Gasteiger partial charge in [0, 0.05) is 25.8 Å². The van der Waals surface area contributed by atoms with Crippen LogP contribution in [0.3, 0.4) is 0 Å². The van der Waals surface area contributed by atoms with Crippen molar-refractivity contribution in [3.8, 4) is 5.75 Å². The zero-order chi connectivity index (χ0) is 12.1. The summed E-state index contributed by atoms with van der Waals surface area (Å²) in [7, 11) is 3.88. The number of benzene rings is 1. The molecular formula is C11H17N3O2.